The van der Waals surface area contributed by atoms with Gasteiger partial charge >= 0.3 is 0 Å². The van der Waals surface area contributed by atoms with Crippen molar-refractivity contribution >= 4 is 22.1 Å². The molecule has 1 aromatic carbocycles. The van der Waals surface area contributed by atoms with Crippen LogP contribution in [0, 0.1) is 0 Å². The van der Waals surface area contributed by atoms with E-state index in [2.05, 4.69) is 44.9 Å². The molecule has 18 heavy (non-hydrogen) atoms. The monoisotopic (exact) mass is 255 g/mol. The SMILES string of the molecule is CNC(c1cscn1)c1cccc2cnccc12. The smallest absolute Gasteiger partial charge is 0.0795 e. The molecule has 2 aromatic heterocycles. The second-order valence-corrected chi connectivity index (χ2v) is 4.80. The molecule has 0 amide bonds. The first-order valence-corrected chi connectivity index (χ1v) is 6.72. The lowest BCUT2D eigenvalue weighted by molar-refractivity contribution is 0.680. The Bertz CT molecular complexity index is 644. The number of aromatic nitrogens is 2. The van der Waals surface area contributed by atoms with Crippen LogP contribution in [0.1, 0.15) is 17.3 Å². The molecule has 0 saturated heterocycles. The van der Waals surface area contributed by atoms with Crippen LogP contribution in [0.4, 0.5) is 0 Å². The number of thiazole rings is 1. The lowest BCUT2D eigenvalue weighted by Crippen LogP contribution is -2.18. The van der Waals surface area contributed by atoms with Gasteiger partial charge in [-0.25, -0.2) is 4.98 Å². The van der Waals surface area contributed by atoms with Gasteiger partial charge in [-0.2, -0.15) is 0 Å². The Balaban J connectivity index is 2.18. The molecule has 0 aliphatic carbocycles. The molecule has 0 fully saturated rings. The number of pyridine rings is 1. The van der Waals surface area contributed by atoms with E-state index in [9.17, 15) is 0 Å². The van der Waals surface area contributed by atoms with Crippen LogP contribution in [0.5, 0.6) is 0 Å². The fourth-order valence-corrected chi connectivity index (χ4v) is 2.81. The lowest BCUT2D eigenvalue weighted by Gasteiger charge is -2.16. The summed E-state index contributed by atoms with van der Waals surface area (Å²) in [6, 6.07) is 8.47. The minimum atomic E-state index is 0.127. The topological polar surface area (TPSA) is 37.8 Å². The Morgan fingerprint density at radius 2 is 2.22 bits per heavy atom. The van der Waals surface area contributed by atoms with Gasteiger partial charge in [0, 0.05) is 23.2 Å². The van der Waals surface area contributed by atoms with E-state index in [0.29, 0.717) is 0 Å². The Labute approximate surface area is 110 Å². The van der Waals surface area contributed by atoms with Gasteiger partial charge in [0.05, 0.1) is 17.2 Å². The average Bonchev–Trinajstić information content (AvgIpc) is 2.94. The van der Waals surface area contributed by atoms with E-state index in [1.807, 2.05) is 25.0 Å². The summed E-state index contributed by atoms with van der Waals surface area (Å²) in [7, 11) is 1.96. The van der Waals surface area contributed by atoms with Gasteiger partial charge < -0.3 is 5.32 Å². The minimum Gasteiger partial charge on any atom is -0.308 e. The van der Waals surface area contributed by atoms with Crippen molar-refractivity contribution in [3.63, 3.8) is 0 Å². The van der Waals surface area contributed by atoms with Crippen molar-refractivity contribution in [2.75, 3.05) is 7.05 Å². The third-order valence-corrected chi connectivity index (χ3v) is 3.67. The van der Waals surface area contributed by atoms with Crippen LogP contribution in [0.3, 0.4) is 0 Å². The predicted octanol–water partition coefficient (Wildman–Crippen LogP) is 3.00. The number of hydrogen-bond acceptors (Lipinski definition) is 4. The number of hydrogen-bond donors (Lipinski definition) is 1. The average molecular weight is 255 g/mol. The summed E-state index contributed by atoms with van der Waals surface area (Å²) >= 11 is 1.62. The Morgan fingerprint density at radius 1 is 1.28 bits per heavy atom. The normalized spacial score (nSPS) is 12.7. The quantitative estimate of drug-likeness (QED) is 0.781. The maximum absolute atomic E-state index is 4.41. The van der Waals surface area contributed by atoms with Crippen LogP contribution in [0.25, 0.3) is 10.8 Å². The zero-order valence-electron chi connectivity index (χ0n) is 10.00. The molecule has 2 heterocycles. The first-order valence-electron chi connectivity index (χ1n) is 5.78. The molecule has 4 heteroatoms. The maximum atomic E-state index is 4.41. The van der Waals surface area contributed by atoms with Gasteiger partial charge in [-0.3, -0.25) is 4.98 Å². The van der Waals surface area contributed by atoms with Gasteiger partial charge in [0.1, 0.15) is 0 Å². The lowest BCUT2D eigenvalue weighted by atomic mass is 9.98. The summed E-state index contributed by atoms with van der Waals surface area (Å²) in [6.45, 7) is 0. The third kappa shape index (κ3) is 1.89. The number of nitrogens with zero attached hydrogens (tertiary/aromatic N) is 2. The fraction of sp³-hybridized carbons (Fsp3) is 0.143. The highest BCUT2D eigenvalue weighted by molar-refractivity contribution is 7.07. The van der Waals surface area contributed by atoms with E-state index in [0.717, 1.165) is 11.1 Å². The first kappa shape index (κ1) is 11.3. The number of rotatable bonds is 3. The number of nitrogens with one attached hydrogen (secondary N) is 1. The van der Waals surface area contributed by atoms with Crippen molar-refractivity contribution < 1.29 is 0 Å². The molecule has 1 atom stereocenters. The van der Waals surface area contributed by atoms with Gasteiger partial charge in [-0.1, -0.05) is 18.2 Å². The molecule has 0 saturated carbocycles. The van der Waals surface area contributed by atoms with Crippen molar-refractivity contribution in [2.24, 2.45) is 0 Å². The Hall–Kier alpha value is -1.78. The van der Waals surface area contributed by atoms with Gasteiger partial charge in [-0.05, 0) is 24.1 Å². The fourth-order valence-electron chi connectivity index (χ4n) is 2.23. The van der Waals surface area contributed by atoms with Crippen molar-refractivity contribution in [1.29, 1.82) is 0 Å². The summed E-state index contributed by atoms with van der Waals surface area (Å²) in [5, 5.41) is 7.80. The second-order valence-electron chi connectivity index (χ2n) is 4.08. The van der Waals surface area contributed by atoms with Gasteiger partial charge in [0.2, 0.25) is 0 Å². The zero-order chi connectivity index (χ0) is 12.4. The van der Waals surface area contributed by atoms with Crippen molar-refractivity contribution in [3.05, 3.63) is 58.8 Å². The summed E-state index contributed by atoms with van der Waals surface area (Å²) in [5.41, 5.74) is 4.17. The van der Waals surface area contributed by atoms with Crippen molar-refractivity contribution in [2.45, 2.75) is 6.04 Å². The van der Waals surface area contributed by atoms with E-state index in [-0.39, 0.29) is 6.04 Å². The number of fused-ring (bicyclic) bond motifs is 1. The van der Waals surface area contributed by atoms with Crippen molar-refractivity contribution in [3.8, 4) is 0 Å². The Morgan fingerprint density at radius 3 is 3.00 bits per heavy atom. The van der Waals surface area contributed by atoms with Crippen LogP contribution < -0.4 is 5.32 Å². The highest BCUT2D eigenvalue weighted by atomic mass is 32.1. The maximum Gasteiger partial charge on any atom is 0.0795 e. The standard InChI is InChI=1S/C14H13N3S/c1-15-14(13-8-18-9-17-13)12-4-2-3-10-7-16-6-5-11(10)12/h2-9,14-15H,1H3. The zero-order valence-corrected chi connectivity index (χ0v) is 10.8. The summed E-state index contributed by atoms with van der Waals surface area (Å²) in [5.74, 6) is 0. The molecule has 90 valence electrons. The number of benzene rings is 1. The first-order chi connectivity index (χ1) is 8.90. The van der Waals surface area contributed by atoms with Gasteiger partial charge in [0.15, 0.2) is 0 Å². The third-order valence-electron chi connectivity index (χ3n) is 3.06. The van der Waals surface area contributed by atoms with E-state index in [1.165, 1.54) is 10.9 Å². The van der Waals surface area contributed by atoms with Crippen LogP contribution in [0.2, 0.25) is 0 Å². The summed E-state index contributed by atoms with van der Waals surface area (Å²) in [6.07, 6.45) is 3.73. The summed E-state index contributed by atoms with van der Waals surface area (Å²) in [4.78, 5) is 8.58. The van der Waals surface area contributed by atoms with Crippen LogP contribution >= 0.6 is 11.3 Å². The molecule has 0 aliphatic heterocycles. The molecular weight excluding hydrogens is 242 g/mol. The second kappa shape index (κ2) is 4.84. The van der Waals surface area contributed by atoms with Gasteiger partial charge in [-0.15, -0.1) is 11.3 Å². The molecule has 0 radical (unpaired) electrons. The molecule has 3 aromatic rings. The van der Waals surface area contributed by atoms with E-state index in [4.69, 9.17) is 0 Å². The molecule has 0 bridgehead atoms. The van der Waals surface area contributed by atoms with Crippen LogP contribution in [0.15, 0.2) is 47.5 Å². The highest BCUT2D eigenvalue weighted by Crippen LogP contribution is 2.28. The molecular formula is C14H13N3S. The minimum absolute atomic E-state index is 0.127. The van der Waals surface area contributed by atoms with Gasteiger partial charge in [0.25, 0.3) is 0 Å². The predicted molar refractivity (Wildman–Crippen MR) is 74.8 cm³/mol. The van der Waals surface area contributed by atoms with E-state index in [1.54, 1.807) is 11.3 Å². The largest absolute Gasteiger partial charge is 0.308 e. The van der Waals surface area contributed by atoms with E-state index >= 15 is 0 Å². The van der Waals surface area contributed by atoms with E-state index < -0.39 is 0 Å². The molecule has 1 unspecified atom stereocenters. The molecule has 3 nitrogen and oxygen atoms in total. The molecule has 1 N–H and O–H groups in total. The van der Waals surface area contributed by atoms with Crippen molar-refractivity contribution in [1.82, 2.24) is 15.3 Å². The summed E-state index contributed by atoms with van der Waals surface area (Å²) < 4.78 is 0. The van der Waals surface area contributed by atoms with Crippen LogP contribution in [-0.2, 0) is 0 Å². The molecule has 0 aliphatic rings. The molecule has 0 spiro atoms. The Kier molecular flexibility index (Phi) is 3.04. The van der Waals surface area contributed by atoms with Crippen LogP contribution in [-0.4, -0.2) is 17.0 Å². The highest BCUT2D eigenvalue weighted by Gasteiger charge is 2.16. The molecule has 3 rings (SSSR count).